The van der Waals surface area contributed by atoms with Gasteiger partial charge in [0.1, 0.15) is 11.2 Å². The number of fused-ring (bicyclic) bond motifs is 3. The number of hydrogen-bond acceptors (Lipinski definition) is 5. The third-order valence-electron chi connectivity index (χ3n) is 10.4. The second-order valence-electron chi connectivity index (χ2n) is 13.9. The summed E-state index contributed by atoms with van der Waals surface area (Å²) < 4.78 is 6.56. The molecule has 2 heterocycles. The highest BCUT2D eigenvalue weighted by Gasteiger charge is 2.19. The van der Waals surface area contributed by atoms with Gasteiger partial charge in [-0.15, -0.1) is 0 Å². The van der Waals surface area contributed by atoms with Crippen LogP contribution in [0.2, 0.25) is 0 Å². The van der Waals surface area contributed by atoms with Crippen LogP contribution < -0.4 is 4.90 Å². The van der Waals surface area contributed by atoms with Gasteiger partial charge in [-0.1, -0.05) is 140 Å². The molecule has 0 aliphatic heterocycles. The maximum atomic E-state index is 6.56. The molecule has 0 saturated carbocycles. The number of nitrogens with zero attached hydrogens (tertiary/aromatic N) is 4. The molecular weight excluding hydrogens is 685 g/mol. The van der Waals surface area contributed by atoms with Gasteiger partial charge in [0, 0.05) is 44.5 Å². The lowest BCUT2D eigenvalue weighted by atomic mass is 10.0. The van der Waals surface area contributed by atoms with Gasteiger partial charge in [0.15, 0.2) is 17.5 Å². The van der Waals surface area contributed by atoms with Gasteiger partial charge in [-0.3, -0.25) is 0 Å². The molecule has 0 amide bonds. The van der Waals surface area contributed by atoms with E-state index in [-0.39, 0.29) is 0 Å². The molecule has 0 N–H and O–H groups in total. The van der Waals surface area contributed by atoms with Gasteiger partial charge in [0.2, 0.25) is 0 Å². The summed E-state index contributed by atoms with van der Waals surface area (Å²) >= 11 is 0. The first-order valence-corrected chi connectivity index (χ1v) is 19.0. The van der Waals surface area contributed by atoms with E-state index in [2.05, 4.69) is 151 Å². The molecule has 1 aliphatic carbocycles. The molecule has 9 aromatic rings. The Labute approximate surface area is 325 Å². The monoisotopic (exact) mass is 720 g/mol. The minimum atomic E-state index is 0.624. The molecule has 56 heavy (non-hydrogen) atoms. The molecule has 5 nitrogen and oxygen atoms in total. The van der Waals surface area contributed by atoms with E-state index in [9.17, 15) is 0 Å². The van der Waals surface area contributed by atoms with Crippen molar-refractivity contribution in [3.8, 4) is 45.0 Å². The Morgan fingerprint density at radius 2 is 1.00 bits per heavy atom. The topological polar surface area (TPSA) is 55.1 Å². The van der Waals surface area contributed by atoms with Gasteiger partial charge in [0.25, 0.3) is 0 Å². The average Bonchev–Trinajstić information content (AvgIpc) is 3.66. The van der Waals surface area contributed by atoms with Crippen molar-refractivity contribution in [3.63, 3.8) is 0 Å². The maximum absolute atomic E-state index is 6.56. The molecule has 0 unspecified atom stereocenters. The molecule has 0 radical (unpaired) electrons. The first-order chi connectivity index (χ1) is 27.7. The predicted molar refractivity (Wildman–Crippen MR) is 230 cm³/mol. The predicted octanol–water partition coefficient (Wildman–Crippen LogP) is 13.6. The lowest BCUT2D eigenvalue weighted by Gasteiger charge is -2.26. The van der Waals surface area contributed by atoms with Crippen molar-refractivity contribution in [2.24, 2.45) is 0 Å². The van der Waals surface area contributed by atoms with Crippen molar-refractivity contribution >= 4 is 44.6 Å². The average molecular weight is 721 g/mol. The fourth-order valence-electron chi connectivity index (χ4n) is 7.57. The van der Waals surface area contributed by atoms with E-state index >= 15 is 0 Å². The van der Waals surface area contributed by atoms with E-state index in [4.69, 9.17) is 19.4 Å². The molecule has 266 valence electrons. The zero-order chi connectivity index (χ0) is 37.3. The van der Waals surface area contributed by atoms with Gasteiger partial charge < -0.3 is 9.32 Å². The lowest BCUT2D eigenvalue weighted by Crippen LogP contribution is -2.09. The smallest absolute Gasteiger partial charge is 0.164 e. The molecule has 0 atom stereocenters. The fraction of sp³-hybridized carbons (Fsp3) is 0.0392. The molecule has 5 heteroatoms. The van der Waals surface area contributed by atoms with Crippen LogP contribution in [0.25, 0.3) is 72.5 Å². The minimum absolute atomic E-state index is 0.624. The van der Waals surface area contributed by atoms with Crippen LogP contribution in [0.15, 0.2) is 199 Å². The number of aromatic nitrogens is 3. The summed E-state index contributed by atoms with van der Waals surface area (Å²) in [6.45, 7) is 0. The second kappa shape index (κ2) is 14.5. The molecule has 1 aliphatic rings. The number of rotatable bonds is 8. The van der Waals surface area contributed by atoms with E-state index in [1.807, 2.05) is 48.5 Å². The Morgan fingerprint density at radius 1 is 0.429 bits per heavy atom. The number of benzene rings is 7. The fourth-order valence-corrected chi connectivity index (χ4v) is 7.57. The number of para-hydroxylation sites is 1. The molecule has 0 saturated heterocycles. The summed E-state index contributed by atoms with van der Waals surface area (Å²) in [5.41, 5.74) is 12.3. The Bertz CT molecular complexity index is 2880. The third kappa shape index (κ3) is 6.35. The molecular formula is C51H36N4O. The summed E-state index contributed by atoms with van der Waals surface area (Å²) in [5.74, 6) is 1.95. The van der Waals surface area contributed by atoms with Crippen LogP contribution in [0.5, 0.6) is 0 Å². The normalized spacial score (nSPS) is 12.5. The quantitative estimate of drug-likeness (QED) is 0.156. The van der Waals surface area contributed by atoms with Gasteiger partial charge in [-0.05, 0) is 89.7 Å². The van der Waals surface area contributed by atoms with Crippen LogP contribution in [-0.2, 0) is 0 Å². The SMILES string of the molecule is C1=CC(c2nc(-c3ccccc3)nc(-c3cccc4oc5cc(-c6ccc(N(c7ccccc7)c7ccc(-c8ccccc8)cc7)cc6)ccc5c34)n2)=CCC1. The molecule has 10 rings (SSSR count). The zero-order valence-corrected chi connectivity index (χ0v) is 30.6. The van der Waals surface area contributed by atoms with Crippen molar-refractivity contribution in [2.75, 3.05) is 4.90 Å². The van der Waals surface area contributed by atoms with E-state index in [0.29, 0.717) is 17.5 Å². The number of allylic oxidation sites excluding steroid dienone is 4. The Hall–Kier alpha value is -7.37. The minimum Gasteiger partial charge on any atom is -0.456 e. The first kappa shape index (κ1) is 33.2. The summed E-state index contributed by atoms with van der Waals surface area (Å²) in [5, 5.41) is 2.01. The molecule has 2 aromatic heterocycles. The number of anilines is 3. The van der Waals surface area contributed by atoms with Gasteiger partial charge in [-0.25, -0.2) is 15.0 Å². The largest absolute Gasteiger partial charge is 0.456 e. The third-order valence-corrected chi connectivity index (χ3v) is 10.4. The Morgan fingerprint density at radius 3 is 1.68 bits per heavy atom. The van der Waals surface area contributed by atoms with Crippen molar-refractivity contribution in [1.29, 1.82) is 0 Å². The molecule has 0 fully saturated rings. The molecule has 7 aromatic carbocycles. The summed E-state index contributed by atoms with van der Waals surface area (Å²) in [4.78, 5) is 17.3. The summed E-state index contributed by atoms with van der Waals surface area (Å²) in [6, 6.07) is 61.2. The summed E-state index contributed by atoms with van der Waals surface area (Å²) in [6.07, 6.45) is 8.49. The van der Waals surface area contributed by atoms with Crippen molar-refractivity contribution in [3.05, 3.63) is 200 Å². The number of furan rings is 1. The van der Waals surface area contributed by atoms with Crippen LogP contribution >= 0.6 is 0 Å². The van der Waals surface area contributed by atoms with Crippen LogP contribution in [-0.4, -0.2) is 15.0 Å². The van der Waals surface area contributed by atoms with E-state index in [0.717, 1.165) is 79.7 Å². The maximum Gasteiger partial charge on any atom is 0.164 e. The van der Waals surface area contributed by atoms with Crippen LogP contribution in [0, 0.1) is 0 Å². The highest BCUT2D eigenvalue weighted by molar-refractivity contribution is 6.12. The molecule has 0 bridgehead atoms. The van der Waals surface area contributed by atoms with Gasteiger partial charge in [-0.2, -0.15) is 0 Å². The van der Waals surface area contributed by atoms with Crippen LogP contribution in [0.4, 0.5) is 17.1 Å². The summed E-state index contributed by atoms with van der Waals surface area (Å²) in [7, 11) is 0. The van der Waals surface area contributed by atoms with Crippen LogP contribution in [0.1, 0.15) is 18.7 Å². The van der Waals surface area contributed by atoms with Crippen LogP contribution in [0.3, 0.4) is 0 Å². The molecule has 0 spiro atoms. The van der Waals surface area contributed by atoms with Crippen molar-refractivity contribution < 1.29 is 4.42 Å². The number of hydrogen-bond donors (Lipinski definition) is 0. The van der Waals surface area contributed by atoms with E-state index in [1.54, 1.807) is 0 Å². The highest BCUT2D eigenvalue weighted by atomic mass is 16.3. The zero-order valence-electron chi connectivity index (χ0n) is 30.6. The van der Waals surface area contributed by atoms with Crippen molar-refractivity contribution in [2.45, 2.75) is 12.8 Å². The first-order valence-electron chi connectivity index (χ1n) is 19.0. The van der Waals surface area contributed by atoms with E-state index < -0.39 is 0 Å². The van der Waals surface area contributed by atoms with Crippen molar-refractivity contribution in [1.82, 2.24) is 15.0 Å². The van der Waals surface area contributed by atoms with E-state index in [1.165, 1.54) is 11.1 Å². The van der Waals surface area contributed by atoms with Gasteiger partial charge >= 0.3 is 0 Å². The Kier molecular flexibility index (Phi) is 8.58. The second-order valence-corrected chi connectivity index (χ2v) is 13.9. The standard InChI is InChI=1S/C51H36N4O/c1-5-14-35(15-6-1)36-24-29-42(30-25-36)55(41-20-11-4-12-21-41)43-31-26-37(27-32-43)40-28-33-44-47(34-40)56-46-23-13-22-45(48(44)46)51-53-49(38-16-7-2-8-17-38)52-50(54-51)39-18-9-3-10-19-39/h1-2,4-9,11-34H,3,10H2. The highest BCUT2D eigenvalue weighted by Crippen LogP contribution is 2.40. The Balaban J connectivity index is 1.01. The van der Waals surface area contributed by atoms with Gasteiger partial charge in [0.05, 0.1) is 0 Å². The lowest BCUT2D eigenvalue weighted by molar-refractivity contribution is 0.669.